The molecular weight excluding hydrogens is 383 g/mol. The number of rotatable bonds is 4. The topological polar surface area (TPSA) is 79.6 Å². The molecule has 0 aliphatic carbocycles. The number of hydrogen-bond acceptors (Lipinski definition) is 7. The zero-order chi connectivity index (χ0) is 19.8. The van der Waals surface area contributed by atoms with Crippen LogP contribution in [-0.2, 0) is 0 Å². The Balaban J connectivity index is 1.49. The minimum atomic E-state index is -0.413. The van der Waals surface area contributed by atoms with Gasteiger partial charge >= 0.3 is 0 Å². The van der Waals surface area contributed by atoms with E-state index in [2.05, 4.69) is 9.88 Å². The molecule has 1 aliphatic rings. The third kappa shape index (κ3) is 3.40. The lowest BCUT2D eigenvalue weighted by atomic mass is 10.1. The molecule has 1 fully saturated rings. The van der Waals surface area contributed by atoms with Crippen molar-refractivity contribution in [1.82, 2.24) is 4.98 Å². The molecule has 0 N–H and O–H groups in total. The van der Waals surface area contributed by atoms with Crippen molar-refractivity contribution in [3.8, 4) is 0 Å². The smallest absolute Gasteiger partial charge is 0.270 e. The number of nitrogens with zero attached hydrogens (tertiary/aromatic N) is 4. The van der Waals surface area contributed by atoms with Crippen LogP contribution in [-0.4, -0.2) is 41.9 Å². The molecule has 3 aromatic rings. The zero-order valence-corrected chi connectivity index (χ0v) is 15.9. The molecule has 9 heteroatoms. The lowest BCUT2D eigenvalue weighted by molar-refractivity contribution is -0.384. The predicted molar refractivity (Wildman–Crippen MR) is 107 cm³/mol. The monoisotopic (exact) mass is 400 g/mol. The van der Waals surface area contributed by atoms with E-state index in [1.165, 1.54) is 30.4 Å². The fourth-order valence-electron chi connectivity index (χ4n) is 3.27. The molecule has 7 nitrogen and oxygen atoms in total. The molecule has 1 aliphatic heterocycles. The van der Waals surface area contributed by atoms with E-state index < -0.39 is 10.7 Å². The number of non-ortho nitro benzene ring substituents is 1. The van der Waals surface area contributed by atoms with Crippen LogP contribution in [0.4, 0.5) is 20.9 Å². The van der Waals surface area contributed by atoms with E-state index in [4.69, 9.17) is 0 Å². The summed E-state index contributed by atoms with van der Waals surface area (Å²) in [5.74, 6) is -0.556. The first-order valence-electron chi connectivity index (χ1n) is 8.78. The van der Waals surface area contributed by atoms with Crippen LogP contribution in [0.25, 0.3) is 10.2 Å². The van der Waals surface area contributed by atoms with Gasteiger partial charge in [0.05, 0.1) is 20.8 Å². The first-order valence-corrected chi connectivity index (χ1v) is 9.59. The van der Waals surface area contributed by atoms with Gasteiger partial charge in [0.1, 0.15) is 5.82 Å². The molecule has 0 atom stereocenters. The highest BCUT2D eigenvalue weighted by atomic mass is 32.1. The highest BCUT2D eigenvalue weighted by molar-refractivity contribution is 7.22. The number of piperazine rings is 1. The number of carbonyl (C=O) groups is 1. The number of nitro benzene ring substituents is 1. The van der Waals surface area contributed by atoms with Crippen molar-refractivity contribution in [3.63, 3.8) is 0 Å². The third-order valence-electron chi connectivity index (χ3n) is 4.82. The lowest BCUT2D eigenvalue weighted by Crippen LogP contribution is -2.46. The standard InChI is InChI=1S/C19H17FN4O3S/c1-12(25)13-2-5-17(15(20)10-13)22-6-8-23(9-7-22)19-21-16-4-3-14(24(26)27)11-18(16)28-19/h2-5,10-11H,6-9H2,1H3. The highest BCUT2D eigenvalue weighted by Gasteiger charge is 2.22. The number of halogens is 1. The maximum Gasteiger partial charge on any atom is 0.270 e. The maximum absolute atomic E-state index is 14.4. The first kappa shape index (κ1) is 18.3. The SMILES string of the molecule is CC(=O)c1ccc(N2CCN(c3nc4ccc([N+](=O)[O-])cc4s3)CC2)c(F)c1. The van der Waals surface area contributed by atoms with E-state index in [0.717, 1.165) is 15.3 Å². The Bertz CT molecular complexity index is 1080. The Hall–Kier alpha value is -3.07. The Kier molecular flexibility index (Phi) is 4.68. The number of thiazole rings is 1. The van der Waals surface area contributed by atoms with E-state index in [9.17, 15) is 19.3 Å². The Morgan fingerprint density at radius 2 is 1.86 bits per heavy atom. The summed E-state index contributed by atoms with van der Waals surface area (Å²) in [4.78, 5) is 30.5. The molecule has 0 amide bonds. The zero-order valence-electron chi connectivity index (χ0n) is 15.1. The molecule has 0 bridgehead atoms. The van der Waals surface area contributed by atoms with E-state index >= 15 is 0 Å². The van der Waals surface area contributed by atoms with Crippen molar-refractivity contribution in [2.45, 2.75) is 6.92 Å². The molecule has 4 rings (SSSR count). The van der Waals surface area contributed by atoms with Crippen LogP contribution in [0.5, 0.6) is 0 Å². The van der Waals surface area contributed by atoms with E-state index in [-0.39, 0.29) is 11.5 Å². The molecule has 0 unspecified atom stereocenters. The number of nitro groups is 1. The average Bonchev–Trinajstić information content (AvgIpc) is 3.11. The second kappa shape index (κ2) is 7.16. The number of anilines is 2. The van der Waals surface area contributed by atoms with Gasteiger partial charge in [-0.05, 0) is 31.2 Å². The predicted octanol–water partition coefficient (Wildman–Crippen LogP) is 3.87. The minimum Gasteiger partial charge on any atom is -0.366 e. The van der Waals surface area contributed by atoms with Crippen molar-refractivity contribution >= 4 is 43.8 Å². The van der Waals surface area contributed by atoms with Crippen LogP contribution >= 0.6 is 11.3 Å². The molecule has 28 heavy (non-hydrogen) atoms. The van der Waals surface area contributed by atoms with Crippen molar-refractivity contribution in [3.05, 3.63) is 57.9 Å². The van der Waals surface area contributed by atoms with Crippen LogP contribution in [0.2, 0.25) is 0 Å². The summed E-state index contributed by atoms with van der Waals surface area (Å²) in [5, 5.41) is 11.7. The van der Waals surface area contributed by atoms with Crippen LogP contribution in [0, 0.1) is 15.9 Å². The number of ketones is 1. The highest BCUT2D eigenvalue weighted by Crippen LogP contribution is 2.32. The van der Waals surface area contributed by atoms with Gasteiger partial charge in [0.25, 0.3) is 5.69 Å². The van der Waals surface area contributed by atoms with Crippen molar-refractivity contribution in [2.75, 3.05) is 36.0 Å². The molecule has 0 saturated carbocycles. The maximum atomic E-state index is 14.4. The Labute approximate surface area is 164 Å². The number of carbonyl (C=O) groups excluding carboxylic acids is 1. The minimum absolute atomic E-state index is 0.0528. The van der Waals surface area contributed by atoms with Crippen molar-refractivity contribution in [2.24, 2.45) is 0 Å². The quantitative estimate of drug-likeness (QED) is 0.376. The second-order valence-corrected chi connectivity index (χ2v) is 7.61. The van der Waals surface area contributed by atoms with E-state index in [1.54, 1.807) is 24.3 Å². The molecule has 144 valence electrons. The first-order chi connectivity index (χ1) is 13.4. The Morgan fingerprint density at radius 3 is 2.50 bits per heavy atom. The van der Waals surface area contributed by atoms with Crippen LogP contribution in [0.3, 0.4) is 0 Å². The summed E-state index contributed by atoms with van der Waals surface area (Å²) < 4.78 is 15.2. The number of fused-ring (bicyclic) bond motifs is 1. The fraction of sp³-hybridized carbons (Fsp3) is 0.263. The summed E-state index contributed by atoms with van der Waals surface area (Å²) in [5.41, 5.74) is 1.64. The van der Waals surface area contributed by atoms with Crippen molar-refractivity contribution in [1.29, 1.82) is 0 Å². The molecular formula is C19H17FN4O3S. The van der Waals surface area contributed by atoms with Gasteiger partial charge in [-0.15, -0.1) is 0 Å². The van der Waals surface area contributed by atoms with Crippen molar-refractivity contribution < 1.29 is 14.1 Å². The molecule has 2 aromatic carbocycles. The normalized spacial score (nSPS) is 14.5. The van der Waals surface area contributed by atoms with Gasteiger partial charge in [-0.2, -0.15) is 0 Å². The largest absolute Gasteiger partial charge is 0.366 e. The van der Waals surface area contributed by atoms with Crippen LogP contribution in [0.1, 0.15) is 17.3 Å². The van der Waals surface area contributed by atoms with Crippen LogP contribution < -0.4 is 9.80 Å². The number of benzene rings is 2. The number of aromatic nitrogens is 1. The molecule has 2 heterocycles. The summed E-state index contributed by atoms with van der Waals surface area (Å²) in [6, 6.07) is 9.24. The van der Waals surface area contributed by atoms with Crippen LogP contribution in [0.15, 0.2) is 36.4 Å². The summed E-state index contributed by atoms with van der Waals surface area (Å²) in [7, 11) is 0. The van der Waals surface area contributed by atoms with Gasteiger partial charge in [0, 0.05) is 43.9 Å². The van der Waals surface area contributed by atoms with E-state index in [0.29, 0.717) is 37.4 Å². The lowest BCUT2D eigenvalue weighted by Gasteiger charge is -2.36. The third-order valence-corrected chi connectivity index (χ3v) is 5.90. The molecule has 0 spiro atoms. The second-order valence-electron chi connectivity index (χ2n) is 6.60. The van der Waals surface area contributed by atoms with Gasteiger partial charge in [0.15, 0.2) is 10.9 Å². The van der Waals surface area contributed by atoms with Gasteiger partial charge in [-0.25, -0.2) is 9.37 Å². The van der Waals surface area contributed by atoms with Gasteiger partial charge in [-0.1, -0.05) is 11.3 Å². The van der Waals surface area contributed by atoms with Gasteiger partial charge in [0.2, 0.25) is 0 Å². The summed E-state index contributed by atoms with van der Waals surface area (Å²) in [6.45, 7) is 3.98. The van der Waals surface area contributed by atoms with Gasteiger partial charge < -0.3 is 9.80 Å². The Morgan fingerprint density at radius 1 is 1.14 bits per heavy atom. The summed E-state index contributed by atoms with van der Waals surface area (Å²) in [6.07, 6.45) is 0. The summed E-state index contributed by atoms with van der Waals surface area (Å²) >= 11 is 1.42. The molecule has 0 radical (unpaired) electrons. The van der Waals surface area contributed by atoms with Gasteiger partial charge in [-0.3, -0.25) is 14.9 Å². The number of Topliss-reactive ketones (excluding diaryl/α,β-unsaturated/α-hetero) is 1. The van der Waals surface area contributed by atoms with E-state index in [1.807, 2.05) is 4.90 Å². The fourth-order valence-corrected chi connectivity index (χ4v) is 4.32. The number of hydrogen-bond donors (Lipinski definition) is 0. The molecule has 1 aromatic heterocycles. The average molecular weight is 400 g/mol. The molecule has 1 saturated heterocycles.